The quantitative estimate of drug-likeness (QED) is 0.188. The van der Waals surface area contributed by atoms with Crippen molar-refractivity contribution in [2.75, 3.05) is 32.8 Å². The van der Waals surface area contributed by atoms with Crippen LogP contribution in [0.3, 0.4) is 0 Å². The third-order valence-electron chi connectivity index (χ3n) is 3.46. The first-order chi connectivity index (χ1) is 12.3. The minimum absolute atomic E-state index is 0. The lowest BCUT2D eigenvalue weighted by molar-refractivity contribution is -0.119. The molecule has 0 aliphatic carbocycles. The van der Waals surface area contributed by atoms with Gasteiger partial charge in [-0.25, -0.2) is 4.99 Å². The molecule has 0 radical (unpaired) electrons. The molecule has 3 N–H and O–H groups in total. The van der Waals surface area contributed by atoms with Gasteiger partial charge in [0.15, 0.2) is 5.96 Å². The van der Waals surface area contributed by atoms with Crippen LogP contribution in [0.2, 0.25) is 0 Å². The van der Waals surface area contributed by atoms with E-state index in [-0.39, 0.29) is 36.4 Å². The van der Waals surface area contributed by atoms with Crippen LogP contribution >= 0.6 is 24.0 Å². The number of aliphatic imine (C=N–C) groups is 1. The van der Waals surface area contributed by atoms with Crippen molar-refractivity contribution >= 4 is 35.8 Å². The molecule has 0 aliphatic rings. The Hall–Kier alpha value is -1.35. The molecule has 0 saturated heterocycles. The second kappa shape index (κ2) is 17.1. The maximum atomic E-state index is 11.9. The number of unbranched alkanes of at least 4 members (excludes halogenated alkanes) is 1. The van der Waals surface area contributed by atoms with Gasteiger partial charge in [0, 0.05) is 32.8 Å². The molecule has 0 fully saturated rings. The molecular weight excluding hydrogens is 443 g/mol. The van der Waals surface area contributed by atoms with E-state index in [1.807, 2.05) is 37.3 Å². The van der Waals surface area contributed by atoms with Crippen molar-refractivity contribution in [3.05, 3.63) is 35.9 Å². The molecule has 7 heteroatoms. The smallest absolute Gasteiger partial charge is 0.242 e. The summed E-state index contributed by atoms with van der Waals surface area (Å²) in [6.07, 6.45) is 3.17. The Labute approximate surface area is 174 Å². The van der Waals surface area contributed by atoms with Gasteiger partial charge in [-0.15, -0.1) is 24.0 Å². The highest BCUT2D eigenvalue weighted by atomic mass is 127. The van der Waals surface area contributed by atoms with Crippen molar-refractivity contribution in [2.45, 2.75) is 39.7 Å². The van der Waals surface area contributed by atoms with Crippen LogP contribution in [0.5, 0.6) is 0 Å². The third kappa shape index (κ3) is 12.9. The number of nitrogens with zero attached hydrogens (tertiary/aromatic N) is 1. The van der Waals surface area contributed by atoms with Crippen LogP contribution in [0.4, 0.5) is 0 Å². The second-order valence-electron chi connectivity index (χ2n) is 5.70. The molecule has 0 atom stereocenters. The summed E-state index contributed by atoms with van der Waals surface area (Å²) < 4.78 is 5.52. The molecule has 148 valence electrons. The topological polar surface area (TPSA) is 74.8 Å². The summed E-state index contributed by atoms with van der Waals surface area (Å²) in [5.74, 6) is 0.565. The van der Waals surface area contributed by atoms with Crippen molar-refractivity contribution in [3.63, 3.8) is 0 Å². The van der Waals surface area contributed by atoms with E-state index in [9.17, 15) is 4.79 Å². The number of halogens is 1. The fourth-order valence-electron chi connectivity index (χ4n) is 2.07. The first-order valence-corrected chi connectivity index (χ1v) is 9.16. The minimum Gasteiger partial charge on any atom is -0.381 e. The van der Waals surface area contributed by atoms with Gasteiger partial charge in [-0.05, 0) is 25.3 Å². The van der Waals surface area contributed by atoms with Crippen molar-refractivity contribution < 1.29 is 9.53 Å². The molecule has 1 rings (SSSR count). The van der Waals surface area contributed by atoms with Crippen LogP contribution in [0.25, 0.3) is 0 Å². The molecule has 1 aromatic rings. The largest absolute Gasteiger partial charge is 0.381 e. The van der Waals surface area contributed by atoms with E-state index in [2.05, 4.69) is 27.9 Å². The second-order valence-corrected chi connectivity index (χ2v) is 5.70. The standard InChI is InChI=1S/C19H32N4O2.HI/c1-3-5-13-25-14-9-12-21-19(20-4-2)23-16-18(24)22-15-17-10-7-6-8-11-17;/h6-8,10-11H,3-5,9,12-16H2,1-2H3,(H,22,24)(H2,20,21,23);1H. The van der Waals surface area contributed by atoms with Crippen molar-refractivity contribution in [2.24, 2.45) is 4.99 Å². The number of guanidine groups is 1. The Kier molecular flexibility index (Phi) is 16.2. The van der Waals surface area contributed by atoms with Gasteiger partial charge in [0.25, 0.3) is 0 Å². The number of hydrogen-bond donors (Lipinski definition) is 3. The van der Waals surface area contributed by atoms with Crippen LogP contribution < -0.4 is 16.0 Å². The summed E-state index contributed by atoms with van der Waals surface area (Å²) in [5, 5.41) is 9.23. The Morgan fingerprint density at radius 2 is 1.77 bits per heavy atom. The summed E-state index contributed by atoms with van der Waals surface area (Å²) >= 11 is 0. The monoisotopic (exact) mass is 476 g/mol. The van der Waals surface area contributed by atoms with E-state index < -0.39 is 0 Å². The molecule has 0 aliphatic heterocycles. The van der Waals surface area contributed by atoms with E-state index in [1.165, 1.54) is 0 Å². The number of amides is 1. The number of carbonyl (C=O) groups is 1. The number of nitrogens with one attached hydrogen (secondary N) is 3. The minimum atomic E-state index is -0.0936. The summed E-state index contributed by atoms with van der Waals surface area (Å²) in [5.41, 5.74) is 1.08. The van der Waals surface area contributed by atoms with Crippen LogP contribution in [0.15, 0.2) is 35.3 Å². The van der Waals surface area contributed by atoms with E-state index >= 15 is 0 Å². The molecule has 6 nitrogen and oxygen atoms in total. The molecule has 1 amide bonds. The number of benzene rings is 1. The lowest BCUT2D eigenvalue weighted by Gasteiger charge is -2.11. The lowest BCUT2D eigenvalue weighted by atomic mass is 10.2. The first-order valence-electron chi connectivity index (χ1n) is 9.16. The zero-order chi connectivity index (χ0) is 18.2. The Balaban J connectivity index is 0.00000625. The third-order valence-corrected chi connectivity index (χ3v) is 3.46. The van der Waals surface area contributed by atoms with Crippen LogP contribution in [0, 0.1) is 0 Å². The molecule has 0 spiro atoms. The van der Waals surface area contributed by atoms with Gasteiger partial charge in [0.1, 0.15) is 6.54 Å². The zero-order valence-corrected chi connectivity index (χ0v) is 18.3. The van der Waals surface area contributed by atoms with Crippen LogP contribution in [0.1, 0.15) is 38.7 Å². The summed E-state index contributed by atoms with van der Waals surface area (Å²) in [7, 11) is 0. The van der Waals surface area contributed by atoms with Gasteiger partial charge in [-0.1, -0.05) is 43.7 Å². The summed E-state index contributed by atoms with van der Waals surface area (Å²) in [6, 6.07) is 9.84. The molecule has 0 heterocycles. The van der Waals surface area contributed by atoms with E-state index in [0.29, 0.717) is 12.5 Å². The van der Waals surface area contributed by atoms with Crippen LogP contribution in [-0.4, -0.2) is 44.7 Å². The highest BCUT2D eigenvalue weighted by molar-refractivity contribution is 14.0. The molecular formula is C19H33IN4O2. The summed E-state index contributed by atoms with van der Waals surface area (Å²) in [6.45, 7) is 7.87. The predicted octanol–water partition coefficient (Wildman–Crippen LogP) is 2.68. The van der Waals surface area contributed by atoms with Gasteiger partial charge in [0.05, 0.1) is 0 Å². The average molecular weight is 476 g/mol. The Bertz CT molecular complexity index is 498. The molecule has 0 unspecified atom stereocenters. The molecule has 0 bridgehead atoms. The molecule has 26 heavy (non-hydrogen) atoms. The van der Waals surface area contributed by atoms with Gasteiger partial charge in [0.2, 0.25) is 5.91 Å². The normalized spacial score (nSPS) is 10.8. The lowest BCUT2D eigenvalue weighted by Crippen LogP contribution is -2.39. The summed E-state index contributed by atoms with van der Waals surface area (Å²) in [4.78, 5) is 16.2. The zero-order valence-electron chi connectivity index (χ0n) is 15.9. The number of ether oxygens (including phenoxy) is 1. The van der Waals surface area contributed by atoms with Crippen LogP contribution in [-0.2, 0) is 16.1 Å². The number of carbonyl (C=O) groups excluding carboxylic acids is 1. The van der Waals surface area contributed by atoms with E-state index in [0.717, 1.165) is 51.1 Å². The maximum Gasteiger partial charge on any atom is 0.242 e. The number of rotatable bonds is 12. The number of hydrogen-bond acceptors (Lipinski definition) is 3. The highest BCUT2D eigenvalue weighted by Crippen LogP contribution is 1.96. The first kappa shape index (κ1) is 24.7. The van der Waals surface area contributed by atoms with Gasteiger partial charge in [-0.3, -0.25) is 4.79 Å². The van der Waals surface area contributed by atoms with E-state index in [1.54, 1.807) is 0 Å². The van der Waals surface area contributed by atoms with Crippen molar-refractivity contribution in [1.82, 2.24) is 16.0 Å². The van der Waals surface area contributed by atoms with Gasteiger partial charge >= 0.3 is 0 Å². The fourth-order valence-corrected chi connectivity index (χ4v) is 2.07. The van der Waals surface area contributed by atoms with E-state index in [4.69, 9.17) is 4.74 Å². The molecule has 0 aromatic heterocycles. The van der Waals surface area contributed by atoms with Gasteiger partial charge in [-0.2, -0.15) is 0 Å². The SMILES string of the molecule is CCCCOCCCNC(=NCC(=O)NCc1ccccc1)NCC.I. The predicted molar refractivity (Wildman–Crippen MR) is 118 cm³/mol. The Morgan fingerprint density at radius 3 is 2.46 bits per heavy atom. The van der Waals surface area contributed by atoms with Gasteiger partial charge < -0.3 is 20.7 Å². The van der Waals surface area contributed by atoms with Crippen molar-refractivity contribution in [1.29, 1.82) is 0 Å². The molecule has 1 aromatic carbocycles. The average Bonchev–Trinajstić information content (AvgIpc) is 2.64. The molecule has 0 saturated carbocycles. The fraction of sp³-hybridized carbons (Fsp3) is 0.579. The highest BCUT2D eigenvalue weighted by Gasteiger charge is 2.02. The van der Waals surface area contributed by atoms with Crippen molar-refractivity contribution in [3.8, 4) is 0 Å². The Morgan fingerprint density at radius 1 is 1.04 bits per heavy atom. The maximum absolute atomic E-state index is 11.9.